The number of hydrogen-bond donors (Lipinski definition) is 6. The molecule has 5 saturated heterocycles. The van der Waals surface area contributed by atoms with Crippen molar-refractivity contribution in [2.45, 2.75) is 231 Å². The monoisotopic (exact) mass is 1290 g/mol. The van der Waals surface area contributed by atoms with Gasteiger partial charge < -0.3 is 66.2 Å². The maximum Gasteiger partial charge on any atom is 0.410 e. The molecule has 2 aliphatic carbocycles. The van der Waals surface area contributed by atoms with Gasteiger partial charge in [0.05, 0.1) is 6.04 Å². The SMILES string of the molecule is CC(C)(C)OC(=O)N1CCC[C@H]1CN.CC(C)(C)OC(=O)N1CCC[C@H]1CNC(=O)OCc1ccccc1.NC[C@@H]1CCCN1CC1CCCCC1.O=C(NC[C@@H]1CCCN1)OCc1ccccc1.O=C(NC[C@@H]1CCCN1CC1CCCCC1)OCc1ccccc1. The number of alkyl carbamates (subject to hydrolysis) is 3. The minimum atomic E-state index is -0.522. The molecule has 2 saturated carbocycles. The van der Waals surface area contributed by atoms with E-state index in [1.165, 1.54) is 122 Å². The molecule has 0 radical (unpaired) electrons. The van der Waals surface area contributed by atoms with Crippen molar-refractivity contribution in [2.24, 2.45) is 23.3 Å². The highest BCUT2D eigenvalue weighted by atomic mass is 16.6. The van der Waals surface area contributed by atoms with E-state index < -0.39 is 17.3 Å². The minimum absolute atomic E-state index is 0.0517. The van der Waals surface area contributed by atoms with E-state index in [0.717, 1.165) is 80.3 Å². The van der Waals surface area contributed by atoms with Crippen molar-refractivity contribution >= 4 is 30.5 Å². The number of carbonyl (C=O) groups excluding carboxylic acids is 5. The number of amides is 5. The van der Waals surface area contributed by atoms with Crippen LogP contribution >= 0.6 is 0 Å². The summed E-state index contributed by atoms with van der Waals surface area (Å²) in [6, 6.07) is 30.7. The number of benzene rings is 3. The quantitative estimate of drug-likeness (QED) is 0.0649. The standard InChI is InChI=1S/C20H30N2O2.C18H26N2O4.C13H18N2O2.C12H24N2.C10H20N2O2/c23-20(24-16-18-10-5-2-6-11-18)21-14-19-12-7-13-22(19)15-17-8-3-1-4-9-17;1-18(2,3)24-17(22)20-11-7-10-15(20)12-19-16(21)23-13-14-8-5-4-6-9-14;16-13(15-9-12-7-4-8-14-12)17-10-11-5-2-1-3-6-11;13-9-12-7-4-8-14(12)10-11-5-2-1-3-6-11;1-10(2,3)14-9(13)12-6-4-5-8(12)7-11/h2,5-6,10-11,17,19H,1,3-4,7-9,12-16H2,(H,21,23);4-6,8-9,15H,7,10-13H2,1-3H3,(H,19,21);1-3,5-6,12,14H,4,7-10H2,(H,15,16);11-12H,1-10,13H2;8H,4-7,11H2,1-3H3/t19-;15-;2*12-;8-/m00000/s1. The largest absolute Gasteiger partial charge is 0.445 e. The van der Waals surface area contributed by atoms with Crippen molar-refractivity contribution in [3.8, 4) is 0 Å². The van der Waals surface area contributed by atoms with Crippen molar-refractivity contribution in [3.05, 3.63) is 108 Å². The third kappa shape index (κ3) is 30.4. The van der Waals surface area contributed by atoms with E-state index in [1.54, 1.807) is 9.80 Å². The zero-order valence-corrected chi connectivity index (χ0v) is 57.5. The maximum absolute atomic E-state index is 12.2. The summed E-state index contributed by atoms with van der Waals surface area (Å²) in [5.74, 6) is 1.85. The van der Waals surface area contributed by atoms with E-state index >= 15 is 0 Å². The van der Waals surface area contributed by atoms with Crippen LogP contribution in [0.3, 0.4) is 0 Å². The molecule has 7 aliphatic rings. The first kappa shape index (κ1) is 75.8. The van der Waals surface area contributed by atoms with Gasteiger partial charge in [0.15, 0.2) is 0 Å². The second-order valence-electron chi connectivity index (χ2n) is 28.1. The Morgan fingerprint density at radius 2 is 0.796 bits per heavy atom. The first-order valence-electron chi connectivity index (χ1n) is 35.3. The van der Waals surface area contributed by atoms with Gasteiger partial charge in [-0.25, -0.2) is 24.0 Å². The van der Waals surface area contributed by atoms with Gasteiger partial charge in [-0.15, -0.1) is 0 Å². The van der Waals surface area contributed by atoms with Gasteiger partial charge in [-0.05, 0) is 180 Å². The molecule has 0 spiro atoms. The Labute approximate surface area is 557 Å². The van der Waals surface area contributed by atoms with Crippen molar-refractivity contribution in [1.82, 2.24) is 40.9 Å². The summed E-state index contributed by atoms with van der Waals surface area (Å²) in [7, 11) is 0. The summed E-state index contributed by atoms with van der Waals surface area (Å²) < 4.78 is 26.3. The van der Waals surface area contributed by atoms with Crippen molar-refractivity contribution in [1.29, 1.82) is 0 Å². The normalized spacial score (nSPS) is 21.8. The molecule has 3 aromatic rings. The number of nitrogens with zero attached hydrogens (tertiary/aromatic N) is 4. The van der Waals surface area contributed by atoms with Crippen LogP contribution in [-0.2, 0) is 43.5 Å². The lowest BCUT2D eigenvalue weighted by Crippen LogP contribution is -2.45. The van der Waals surface area contributed by atoms with Crippen molar-refractivity contribution in [3.63, 3.8) is 0 Å². The fraction of sp³-hybridized carbons (Fsp3) is 0.685. The van der Waals surface area contributed by atoms with Crippen LogP contribution in [-0.4, -0.2) is 170 Å². The molecule has 0 bridgehead atoms. The molecule has 5 atom stereocenters. The number of carbonyl (C=O) groups is 5. The third-order valence-corrected chi connectivity index (χ3v) is 18.2. The second-order valence-corrected chi connectivity index (χ2v) is 28.1. The molecule has 5 heterocycles. The molecule has 10 rings (SSSR count). The van der Waals surface area contributed by atoms with Crippen LogP contribution in [0.2, 0.25) is 0 Å². The highest BCUT2D eigenvalue weighted by Crippen LogP contribution is 2.29. The molecule has 5 amide bonds. The predicted molar refractivity (Wildman–Crippen MR) is 367 cm³/mol. The number of nitrogens with two attached hydrogens (primary N) is 2. The van der Waals surface area contributed by atoms with E-state index in [0.29, 0.717) is 64.1 Å². The zero-order valence-electron chi connectivity index (χ0n) is 57.5. The molecule has 7 fully saturated rings. The molecule has 93 heavy (non-hydrogen) atoms. The van der Waals surface area contributed by atoms with Gasteiger partial charge in [0.2, 0.25) is 0 Å². The highest BCUT2D eigenvalue weighted by molar-refractivity contribution is 5.70. The van der Waals surface area contributed by atoms with Gasteiger partial charge in [-0.3, -0.25) is 9.80 Å². The van der Waals surface area contributed by atoms with E-state index in [4.69, 9.17) is 35.2 Å². The first-order chi connectivity index (χ1) is 44.8. The van der Waals surface area contributed by atoms with Crippen LogP contribution in [0.4, 0.5) is 24.0 Å². The van der Waals surface area contributed by atoms with Crippen molar-refractivity contribution in [2.75, 3.05) is 78.5 Å². The Morgan fingerprint density at radius 3 is 1.20 bits per heavy atom. The molecular weight excluding hydrogens is 1180 g/mol. The highest BCUT2D eigenvalue weighted by Gasteiger charge is 2.34. The van der Waals surface area contributed by atoms with E-state index in [-0.39, 0.29) is 43.1 Å². The van der Waals surface area contributed by atoms with Crippen LogP contribution in [0.25, 0.3) is 0 Å². The summed E-state index contributed by atoms with van der Waals surface area (Å²) in [6.45, 7) is 22.7. The number of hydrogen-bond acceptors (Lipinski definition) is 15. The Kier molecular flexibility index (Phi) is 33.9. The zero-order chi connectivity index (χ0) is 66.7. The first-order valence-corrected chi connectivity index (χ1v) is 35.3. The Bertz CT molecular complexity index is 2560. The van der Waals surface area contributed by atoms with Gasteiger partial charge in [0, 0.05) is 83.1 Å². The van der Waals surface area contributed by atoms with E-state index in [2.05, 4.69) is 31.1 Å². The number of ether oxygens (including phenoxy) is 5. The summed E-state index contributed by atoms with van der Waals surface area (Å²) in [5, 5.41) is 11.8. The van der Waals surface area contributed by atoms with Gasteiger partial charge in [-0.2, -0.15) is 0 Å². The fourth-order valence-electron chi connectivity index (χ4n) is 13.3. The summed E-state index contributed by atoms with van der Waals surface area (Å²) in [5.41, 5.74) is 13.4. The molecule has 20 heteroatoms. The fourth-order valence-corrected chi connectivity index (χ4v) is 13.3. The van der Waals surface area contributed by atoms with Crippen LogP contribution in [0.15, 0.2) is 91.0 Å². The Balaban J connectivity index is 0.000000188. The summed E-state index contributed by atoms with van der Waals surface area (Å²) >= 11 is 0. The summed E-state index contributed by atoms with van der Waals surface area (Å²) in [4.78, 5) is 67.7. The lowest BCUT2D eigenvalue weighted by Gasteiger charge is -2.31. The number of rotatable bonds is 18. The average molecular weight is 1300 g/mol. The smallest absolute Gasteiger partial charge is 0.410 e. The van der Waals surface area contributed by atoms with Crippen LogP contribution < -0.4 is 32.7 Å². The van der Waals surface area contributed by atoms with Crippen LogP contribution in [0.5, 0.6) is 0 Å². The average Bonchev–Trinajstić information content (AvgIpc) is 1.99. The molecule has 520 valence electrons. The Morgan fingerprint density at radius 1 is 0.430 bits per heavy atom. The maximum atomic E-state index is 12.2. The van der Waals surface area contributed by atoms with Crippen LogP contribution in [0.1, 0.15) is 187 Å². The van der Waals surface area contributed by atoms with Crippen molar-refractivity contribution < 1.29 is 47.7 Å². The van der Waals surface area contributed by atoms with E-state index in [1.807, 2.05) is 133 Å². The summed E-state index contributed by atoms with van der Waals surface area (Å²) in [6.07, 6.45) is 23.8. The van der Waals surface area contributed by atoms with E-state index in [9.17, 15) is 24.0 Å². The molecular formula is C73H118N10O10. The molecule has 0 unspecified atom stereocenters. The molecule has 0 aromatic heterocycles. The molecule has 20 nitrogen and oxygen atoms in total. The molecule has 3 aromatic carbocycles. The lowest BCUT2D eigenvalue weighted by atomic mass is 9.89. The van der Waals surface area contributed by atoms with Gasteiger partial charge >= 0.3 is 30.5 Å². The number of likely N-dealkylation sites (tertiary alicyclic amines) is 4. The third-order valence-electron chi connectivity index (χ3n) is 18.2. The van der Waals surface area contributed by atoms with Gasteiger partial charge in [0.25, 0.3) is 0 Å². The predicted octanol–water partition coefficient (Wildman–Crippen LogP) is 12.3. The topological polar surface area (TPSA) is 245 Å². The Hall–Kier alpha value is -6.19. The number of nitrogens with one attached hydrogen (secondary N) is 4. The van der Waals surface area contributed by atoms with Gasteiger partial charge in [0.1, 0.15) is 31.0 Å². The van der Waals surface area contributed by atoms with Crippen LogP contribution in [0, 0.1) is 11.8 Å². The molecule has 8 N–H and O–H groups in total. The molecule has 5 aliphatic heterocycles. The lowest BCUT2D eigenvalue weighted by molar-refractivity contribution is 0.0217. The van der Waals surface area contributed by atoms with Gasteiger partial charge in [-0.1, -0.05) is 130 Å². The minimum Gasteiger partial charge on any atom is -0.445 e. The second kappa shape index (κ2) is 41.6.